The highest BCUT2D eigenvalue weighted by atomic mass is 35.6. The molecule has 0 spiro atoms. The number of carbonyl (C=O) groups excluding carboxylic acids is 1. The minimum absolute atomic E-state index is 0.109. The summed E-state index contributed by atoms with van der Waals surface area (Å²) in [5.74, 6) is -0.109. The first-order valence-electron chi connectivity index (χ1n) is 11.0. The third-order valence-electron chi connectivity index (χ3n) is 5.23. The Kier molecular flexibility index (Phi) is 11.1. The van der Waals surface area contributed by atoms with E-state index in [-0.39, 0.29) is 5.91 Å². The normalized spacial score (nSPS) is 12.7. The quantitative estimate of drug-likeness (QED) is 0.176. The van der Waals surface area contributed by atoms with Gasteiger partial charge in [0.2, 0.25) is 9.70 Å². The van der Waals surface area contributed by atoms with Crippen LogP contribution in [-0.2, 0) is 4.79 Å². The second kappa shape index (κ2) is 13.3. The summed E-state index contributed by atoms with van der Waals surface area (Å²) in [6, 6.07) is 13.8. The van der Waals surface area contributed by atoms with Crippen molar-refractivity contribution in [2.75, 3.05) is 5.32 Å². The van der Waals surface area contributed by atoms with Gasteiger partial charge in [-0.15, -0.1) is 0 Å². The molecular formula is C24H33Cl3N2O. The van der Waals surface area contributed by atoms with Crippen LogP contribution in [0.5, 0.6) is 0 Å². The third kappa shape index (κ3) is 8.91. The molecule has 0 aliphatic rings. The molecule has 30 heavy (non-hydrogen) atoms. The van der Waals surface area contributed by atoms with Gasteiger partial charge in [0.1, 0.15) is 6.17 Å². The highest BCUT2D eigenvalue weighted by Gasteiger charge is 2.34. The Balaban J connectivity index is 1.80. The Morgan fingerprint density at radius 2 is 1.47 bits per heavy atom. The summed E-state index contributed by atoms with van der Waals surface area (Å²) in [6.45, 7) is 2.23. The minimum atomic E-state index is -1.68. The molecule has 0 aliphatic heterocycles. The molecule has 1 unspecified atom stereocenters. The van der Waals surface area contributed by atoms with Gasteiger partial charge in [0, 0.05) is 17.5 Å². The molecule has 0 saturated carbocycles. The molecule has 0 aromatic heterocycles. The van der Waals surface area contributed by atoms with Crippen LogP contribution >= 0.6 is 34.8 Å². The van der Waals surface area contributed by atoms with Crippen LogP contribution in [0.1, 0.15) is 71.1 Å². The van der Waals surface area contributed by atoms with Gasteiger partial charge in [-0.1, -0.05) is 129 Å². The topological polar surface area (TPSA) is 41.1 Å². The highest BCUT2D eigenvalue weighted by Crippen LogP contribution is 2.33. The molecule has 6 heteroatoms. The number of alkyl halides is 3. The Hall–Kier alpha value is -1.16. The molecule has 2 N–H and O–H groups in total. The first-order valence-corrected chi connectivity index (χ1v) is 12.2. The van der Waals surface area contributed by atoms with E-state index in [0.717, 1.165) is 29.3 Å². The number of unbranched alkanes of at least 4 members (excludes halogenated alkanes) is 8. The van der Waals surface area contributed by atoms with Crippen LogP contribution < -0.4 is 10.6 Å². The van der Waals surface area contributed by atoms with Crippen molar-refractivity contribution < 1.29 is 4.79 Å². The summed E-state index contributed by atoms with van der Waals surface area (Å²) in [6.07, 6.45) is 10.5. The van der Waals surface area contributed by atoms with Gasteiger partial charge in [-0.3, -0.25) is 4.79 Å². The zero-order valence-electron chi connectivity index (χ0n) is 17.7. The number of halogens is 3. The molecule has 2 aromatic rings. The van der Waals surface area contributed by atoms with Crippen LogP contribution in [-0.4, -0.2) is 15.9 Å². The molecule has 0 bridgehead atoms. The molecule has 0 saturated heterocycles. The molecule has 2 aromatic carbocycles. The summed E-state index contributed by atoms with van der Waals surface area (Å²) in [5.41, 5.74) is 0.813. The molecule has 1 atom stereocenters. The van der Waals surface area contributed by atoms with E-state index in [9.17, 15) is 4.79 Å². The largest absolute Gasteiger partial charge is 0.361 e. The van der Waals surface area contributed by atoms with E-state index < -0.39 is 9.96 Å². The van der Waals surface area contributed by atoms with Crippen molar-refractivity contribution >= 4 is 57.2 Å². The molecule has 2 rings (SSSR count). The van der Waals surface area contributed by atoms with Gasteiger partial charge in [-0.05, 0) is 17.9 Å². The zero-order chi connectivity index (χ0) is 21.8. The van der Waals surface area contributed by atoms with Crippen LogP contribution in [0.2, 0.25) is 0 Å². The predicted molar refractivity (Wildman–Crippen MR) is 132 cm³/mol. The summed E-state index contributed by atoms with van der Waals surface area (Å²) < 4.78 is -1.68. The summed E-state index contributed by atoms with van der Waals surface area (Å²) >= 11 is 18.5. The minimum Gasteiger partial charge on any atom is -0.361 e. The number of anilines is 1. The Bertz CT molecular complexity index is 771. The number of nitrogens with one attached hydrogen (secondary N) is 2. The molecule has 166 valence electrons. The lowest BCUT2D eigenvalue weighted by Crippen LogP contribution is -2.49. The van der Waals surface area contributed by atoms with E-state index >= 15 is 0 Å². The number of hydrogen-bond acceptors (Lipinski definition) is 2. The fraction of sp³-hybridized carbons (Fsp3) is 0.542. The second-order valence-electron chi connectivity index (χ2n) is 7.79. The van der Waals surface area contributed by atoms with E-state index in [1.807, 2.05) is 42.5 Å². The molecule has 0 fully saturated rings. The number of hydrogen-bond donors (Lipinski definition) is 2. The van der Waals surface area contributed by atoms with Crippen LogP contribution in [0.3, 0.4) is 0 Å². The van der Waals surface area contributed by atoms with Gasteiger partial charge in [0.15, 0.2) is 0 Å². The van der Waals surface area contributed by atoms with Crippen LogP contribution in [0.15, 0.2) is 42.5 Å². The van der Waals surface area contributed by atoms with E-state index in [1.54, 1.807) is 0 Å². The van der Waals surface area contributed by atoms with Crippen molar-refractivity contribution in [2.45, 2.75) is 81.1 Å². The van der Waals surface area contributed by atoms with Crippen molar-refractivity contribution in [1.29, 1.82) is 0 Å². The van der Waals surface area contributed by atoms with Gasteiger partial charge in [0.05, 0.1) is 0 Å². The lowest BCUT2D eigenvalue weighted by Gasteiger charge is -2.28. The molecule has 1 amide bonds. The summed E-state index contributed by atoms with van der Waals surface area (Å²) in [7, 11) is 0. The van der Waals surface area contributed by atoms with Gasteiger partial charge < -0.3 is 10.6 Å². The molecular weight excluding hydrogens is 439 g/mol. The molecule has 0 aliphatic carbocycles. The fourth-order valence-electron chi connectivity index (χ4n) is 3.54. The van der Waals surface area contributed by atoms with E-state index in [4.69, 9.17) is 34.8 Å². The predicted octanol–water partition coefficient (Wildman–Crippen LogP) is 7.99. The zero-order valence-corrected chi connectivity index (χ0v) is 20.0. The first kappa shape index (κ1) is 25.1. The smallest absolute Gasteiger partial charge is 0.228 e. The van der Waals surface area contributed by atoms with E-state index in [0.29, 0.717) is 6.42 Å². The molecule has 0 radical (unpaired) electrons. The van der Waals surface area contributed by atoms with Gasteiger partial charge in [-0.2, -0.15) is 0 Å². The van der Waals surface area contributed by atoms with Crippen LogP contribution in [0.25, 0.3) is 10.8 Å². The maximum absolute atomic E-state index is 12.4. The van der Waals surface area contributed by atoms with Crippen molar-refractivity contribution in [3.63, 3.8) is 0 Å². The van der Waals surface area contributed by atoms with Gasteiger partial charge in [0.25, 0.3) is 0 Å². The van der Waals surface area contributed by atoms with Gasteiger partial charge in [-0.25, -0.2) is 0 Å². The van der Waals surface area contributed by atoms with Crippen molar-refractivity contribution in [2.24, 2.45) is 0 Å². The van der Waals surface area contributed by atoms with Crippen molar-refractivity contribution in [3.8, 4) is 0 Å². The number of fused-ring (bicyclic) bond motifs is 1. The maximum atomic E-state index is 12.4. The Labute approximate surface area is 195 Å². The Morgan fingerprint density at radius 1 is 0.867 bits per heavy atom. The van der Waals surface area contributed by atoms with E-state index in [2.05, 4.69) is 17.6 Å². The number of rotatable bonds is 13. The fourth-order valence-corrected chi connectivity index (χ4v) is 3.86. The van der Waals surface area contributed by atoms with Crippen LogP contribution in [0, 0.1) is 0 Å². The van der Waals surface area contributed by atoms with E-state index in [1.165, 1.54) is 44.9 Å². The molecule has 3 nitrogen and oxygen atoms in total. The molecule has 0 heterocycles. The average molecular weight is 472 g/mol. The number of amides is 1. The summed E-state index contributed by atoms with van der Waals surface area (Å²) in [5, 5.41) is 8.13. The average Bonchev–Trinajstić information content (AvgIpc) is 2.71. The van der Waals surface area contributed by atoms with Crippen LogP contribution in [0.4, 0.5) is 5.69 Å². The Morgan fingerprint density at radius 3 is 2.13 bits per heavy atom. The van der Waals surface area contributed by atoms with Gasteiger partial charge >= 0.3 is 0 Å². The third-order valence-corrected chi connectivity index (χ3v) is 5.88. The lowest BCUT2D eigenvalue weighted by atomic mass is 10.1. The lowest BCUT2D eigenvalue weighted by molar-refractivity contribution is -0.121. The SMILES string of the molecule is CCCCCCCCCCCC(=O)NC(Nc1cccc2ccccc12)C(Cl)(Cl)Cl. The van der Waals surface area contributed by atoms with Crippen molar-refractivity contribution in [1.82, 2.24) is 5.32 Å². The number of benzene rings is 2. The second-order valence-corrected chi connectivity index (χ2v) is 10.2. The highest BCUT2D eigenvalue weighted by molar-refractivity contribution is 6.68. The number of carbonyl (C=O) groups is 1. The monoisotopic (exact) mass is 470 g/mol. The summed E-state index contributed by atoms with van der Waals surface area (Å²) in [4.78, 5) is 12.4. The van der Waals surface area contributed by atoms with Crippen molar-refractivity contribution in [3.05, 3.63) is 42.5 Å². The first-order chi connectivity index (χ1) is 14.4. The standard InChI is InChI=1S/C24H33Cl3N2O/c1-2-3-4-5-6-7-8-9-10-18-22(30)29-23(24(25,26)27)28-21-17-13-15-19-14-11-12-16-20(19)21/h11-17,23,28H,2-10,18H2,1H3,(H,29,30). The maximum Gasteiger partial charge on any atom is 0.228 e.